The molecule has 0 saturated carbocycles. The molecule has 16 heavy (non-hydrogen) atoms. The number of hydrogen-bond acceptors (Lipinski definition) is 4. The molecule has 0 aliphatic rings. The van der Waals surface area contributed by atoms with E-state index in [1.165, 1.54) is 4.88 Å². The lowest BCUT2D eigenvalue weighted by atomic mass is 10.2. The Morgan fingerprint density at radius 2 is 2.31 bits per heavy atom. The first-order valence-corrected chi connectivity index (χ1v) is 6.15. The second-order valence-corrected chi connectivity index (χ2v) is 4.47. The Bertz CT molecular complexity index is 383. The molecular weight excluding hydrogens is 222 g/mol. The maximum atomic E-state index is 5.70. The molecular formula is C12H15NO2S. The molecule has 0 spiro atoms. The van der Waals surface area contributed by atoms with Crippen molar-refractivity contribution in [3.63, 3.8) is 0 Å². The minimum atomic E-state index is -0.130. The van der Waals surface area contributed by atoms with Crippen LogP contribution in [0.4, 0.5) is 0 Å². The highest BCUT2D eigenvalue weighted by atomic mass is 32.1. The molecule has 1 unspecified atom stereocenters. The zero-order valence-electron chi connectivity index (χ0n) is 8.96. The van der Waals surface area contributed by atoms with Gasteiger partial charge in [0.15, 0.2) is 0 Å². The van der Waals surface area contributed by atoms with Gasteiger partial charge in [0.05, 0.1) is 12.9 Å². The second-order valence-electron chi connectivity index (χ2n) is 3.44. The monoisotopic (exact) mass is 237 g/mol. The first-order chi connectivity index (χ1) is 7.90. The highest BCUT2D eigenvalue weighted by Crippen LogP contribution is 2.17. The summed E-state index contributed by atoms with van der Waals surface area (Å²) in [6.07, 6.45) is 2.44. The summed E-state index contributed by atoms with van der Waals surface area (Å²) in [7, 11) is 0. The Morgan fingerprint density at radius 1 is 1.38 bits per heavy atom. The summed E-state index contributed by atoms with van der Waals surface area (Å²) < 4.78 is 11.0. The van der Waals surface area contributed by atoms with E-state index in [9.17, 15) is 0 Å². The molecule has 0 aromatic carbocycles. The molecule has 2 heterocycles. The standard InChI is InChI=1S/C12H15NO2S/c13-9-12(11-4-1-6-14-11)15-7-5-10-3-2-8-16-10/h1-4,6,8,12H,5,7,9,13H2. The first kappa shape index (κ1) is 11.4. The zero-order chi connectivity index (χ0) is 11.2. The quantitative estimate of drug-likeness (QED) is 0.840. The Kier molecular flexibility index (Phi) is 4.16. The minimum absolute atomic E-state index is 0.130. The topological polar surface area (TPSA) is 48.4 Å². The van der Waals surface area contributed by atoms with E-state index in [1.54, 1.807) is 17.6 Å². The van der Waals surface area contributed by atoms with Gasteiger partial charge in [-0.25, -0.2) is 0 Å². The number of furan rings is 1. The lowest BCUT2D eigenvalue weighted by Gasteiger charge is -2.12. The average Bonchev–Trinajstić information content (AvgIpc) is 2.96. The molecule has 0 radical (unpaired) electrons. The van der Waals surface area contributed by atoms with Crippen LogP contribution in [-0.2, 0) is 11.2 Å². The van der Waals surface area contributed by atoms with Crippen molar-refractivity contribution in [2.75, 3.05) is 13.2 Å². The maximum Gasteiger partial charge on any atom is 0.133 e. The largest absolute Gasteiger partial charge is 0.467 e. The smallest absolute Gasteiger partial charge is 0.133 e. The summed E-state index contributed by atoms with van der Waals surface area (Å²) in [4.78, 5) is 1.33. The van der Waals surface area contributed by atoms with Gasteiger partial charge in [-0.3, -0.25) is 0 Å². The SMILES string of the molecule is NCC(OCCc1cccs1)c1ccco1. The van der Waals surface area contributed by atoms with Gasteiger partial charge in [0.25, 0.3) is 0 Å². The summed E-state index contributed by atoms with van der Waals surface area (Å²) in [5.74, 6) is 0.800. The fourth-order valence-corrected chi connectivity index (χ4v) is 2.19. The van der Waals surface area contributed by atoms with Crippen LogP contribution in [0.3, 0.4) is 0 Å². The molecule has 3 nitrogen and oxygen atoms in total. The fraction of sp³-hybridized carbons (Fsp3) is 0.333. The Balaban J connectivity index is 1.80. The van der Waals surface area contributed by atoms with Crippen molar-refractivity contribution in [3.05, 3.63) is 46.5 Å². The number of ether oxygens (including phenoxy) is 1. The molecule has 4 heteroatoms. The van der Waals surface area contributed by atoms with Crippen molar-refractivity contribution in [2.45, 2.75) is 12.5 Å². The van der Waals surface area contributed by atoms with Crippen molar-refractivity contribution in [3.8, 4) is 0 Å². The van der Waals surface area contributed by atoms with Gasteiger partial charge in [-0.05, 0) is 23.6 Å². The molecule has 0 aliphatic heterocycles. The summed E-state index contributed by atoms with van der Waals surface area (Å²) in [5.41, 5.74) is 5.64. The first-order valence-electron chi connectivity index (χ1n) is 5.27. The minimum Gasteiger partial charge on any atom is -0.467 e. The maximum absolute atomic E-state index is 5.70. The predicted molar refractivity (Wildman–Crippen MR) is 64.5 cm³/mol. The van der Waals surface area contributed by atoms with E-state index in [-0.39, 0.29) is 6.10 Å². The van der Waals surface area contributed by atoms with Gasteiger partial charge in [0, 0.05) is 17.8 Å². The van der Waals surface area contributed by atoms with Gasteiger partial charge in [-0.1, -0.05) is 6.07 Å². The van der Waals surface area contributed by atoms with Gasteiger partial charge >= 0.3 is 0 Å². The highest BCUT2D eigenvalue weighted by Gasteiger charge is 2.12. The third-order valence-corrected chi connectivity index (χ3v) is 3.26. The van der Waals surface area contributed by atoms with E-state index in [4.69, 9.17) is 14.9 Å². The van der Waals surface area contributed by atoms with E-state index in [0.29, 0.717) is 13.2 Å². The normalized spacial score (nSPS) is 12.8. The molecule has 2 aromatic rings. The van der Waals surface area contributed by atoms with Crippen molar-refractivity contribution < 1.29 is 9.15 Å². The van der Waals surface area contributed by atoms with E-state index in [1.807, 2.05) is 18.2 Å². The summed E-state index contributed by atoms with van der Waals surface area (Å²) >= 11 is 1.74. The van der Waals surface area contributed by atoms with Crippen LogP contribution >= 0.6 is 11.3 Å². The van der Waals surface area contributed by atoms with E-state index in [2.05, 4.69) is 11.4 Å². The van der Waals surface area contributed by atoms with Crippen molar-refractivity contribution in [2.24, 2.45) is 5.73 Å². The molecule has 2 aromatic heterocycles. The fourth-order valence-electron chi connectivity index (χ4n) is 1.50. The van der Waals surface area contributed by atoms with Crippen LogP contribution in [0.2, 0.25) is 0 Å². The summed E-state index contributed by atoms with van der Waals surface area (Å²) in [6.45, 7) is 1.11. The molecule has 0 saturated heterocycles. The van der Waals surface area contributed by atoms with Crippen LogP contribution in [0.1, 0.15) is 16.7 Å². The summed E-state index contributed by atoms with van der Waals surface area (Å²) in [5, 5.41) is 2.07. The molecule has 0 amide bonds. The number of thiophene rings is 1. The third kappa shape index (κ3) is 2.95. The van der Waals surface area contributed by atoms with Crippen LogP contribution in [0, 0.1) is 0 Å². The molecule has 2 rings (SSSR count). The molecule has 0 fully saturated rings. The van der Waals surface area contributed by atoms with Gasteiger partial charge in [0.2, 0.25) is 0 Å². The Morgan fingerprint density at radius 3 is 2.94 bits per heavy atom. The highest BCUT2D eigenvalue weighted by molar-refractivity contribution is 7.09. The van der Waals surface area contributed by atoms with Crippen LogP contribution in [0.25, 0.3) is 0 Å². The number of rotatable bonds is 6. The lowest BCUT2D eigenvalue weighted by Crippen LogP contribution is -2.16. The van der Waals surface area contributed by atoms with Crippen molar-refractivity contribution in [1.29, 1.82) is 0 Å². The van der Waals surface area contributed by atoms with E-state index >= 15 is 0 Å². The molecule has 0 bridgehead atoms. The van der Waals surface area contributed by atoms with Crippen molar-refractivity contribution in [1.82, 2.24) is 0 Å². The second kappa shape index (κ2) is 5.84. The van der Waals surface area contributed by atoms with Crippen LogP contribution in [0.15, 0.2) is 40.3 Å². The molecule has 0 aliphatic carbocycles. The van der Waals surface area contributed by atoms with Crippen molar-refractivity contribution >= 4 is 11.3 Å². The van der Waals surface area contributed by atoms with Crippen LogP contribution < -0.4 is 5.73 Å². The predicted octanol–water partition coefficient (Wildman–Crippen LogP) is 2.60. The van der Waals surface area contributed by atoms with E-state index in [0.717, 1.165) is 12.2 Å². The molecule has 86 valence electrons. The Hall–Kier alpha value is -1.10. The number of hydrogen-bond donors (Lipinski definition) is 1. The van der Waals surface area contributed by atoms with Gasteiger partial charge in [-0.15, -0.1) is 11.3 Å². The average molecular weight is 237 g/mol. The van der Waals surface area contributed by atoms with Crippen LogP contribution in [-0.4, -0.2) is 13.2 Å². The van der Waals surface area contributed by atoms with E-state index < -0.39 is 0 Å². The van der Waals surface area contributed by atoms with Gasteiger partial charge in [0.1, 0.15) is 11.9 Å². The molecule has 1 atom stereocenters. The summed E-state index contributed by atoms with van der Waals surface area (Å²) in [6, 6.07) is 7.90. The lowest BCUT2D eigenvalue weighted by molar-refractivity contribution is 0.0461. The molecule has 2 N–H and O–H groups in total. The zero-order valence-corrected chi connectivity index (χ0v) is 9.78. The third-order valence-electron chi connectivity index (χ3n) is 2.32. The van der Waals surface area contributed by atoms with Crippen LogP contribution in [0.5, 0.6) is 0 Å². The van der Waals surface area contributed by atoms with Gasteiger partial charge in [-0.2, -0.15) is 0 Å². The number of nitrogens with two attached hydrogens (primary N) is 1. The Labute approximate surface area is 98.8 Å². The van der Waals surface area contributed by atoms with Gasteiger partial charge < -0.3 is 14.9 Å².